The standard InChI is InChI=1S/C19H19F5N2O3S/c20-18(21)29-16-6-4-14(5-7-16)13-25-8-10-26(11-9-25)30(27,28)17-3-1-2-15(12-17)19(22,23)24/h1-7,12,18H,8-11,13H2. The second-order valence-corrected chi connectivity index (χ2v) is 8.67. The number of hydrogen-bond acceptors (Lipinski definition) is 4. The summed E-state index contributed by atoms with van der Waals surface area (Å²) < 4.78 is 93.9. The molecule has 2 aromatic carbocycles. The summed E-state index contributed by atoms with van der Waals surface area (Å²) in [6, 6.07) is 9.84. The predicted molar refractivity (Wildman–Crippen MR) is 98.6 cm³/mol. The minimum atomic E-state index is -4.62. The summed E-state index contributed by atoms with van der Waals surface area (Å²) in [5.41, 5.74) is -0.174. The molecule has 1 aliphatic heterocycles. The van der Waals surface area contributed by atoms with E-state index >= 15 is 0 Å². The van der Waals surface area contributed by atoms with Gasteiger partial charge in [0, 0.05) is 32.7 Å². The Morgan fingerprint density at radius 1 is 0.967 bits per heavy atom. The number of halogens is 5. The van der Waals surface area contributed by atoms with E-state index in [0.29, 0.717) is 25.7 Å². The van der Waals surface area contributed by atoms with E-state index in [1.807, 2.05) is 4.90 Å². The molecule has 0 aromatic heterocycles. The van der Waals surface area contributed by atoms with Crippen LogP contribution in [0.15, 0.2) is 53.4 Å². The van der Waals surface area contributed by atoms with Crippen LogP contribution in [0.1, 0.15) is 11.1 Å². The minimum Gasteiger partial charge on any atom is -0.435 e. The molecule has 0 saturated carbocycles. The highest BCUT2D eigenvalue weighted by molar-refractivity contribution is 7.89. The van der Waals surface area contributed by atoms with Gasteiger partial charge in [-0.1, -0.05) is 18.2 Å². The molecule has 164 valence electrons. The minimum absolute atomic E-state index is 0.0470. The van der Waals surface area contributed by atoms with E-state index in [1.165, 1.54) is 16.4 Å². The first kappa shape index (κ1) is 22.4. The lowest BCUT2D eigenvalue weighted by atomic mass is 10.2. The normalized spacial score (nSPS) is 16.7. The van der Waals surface area contributed by atoms with Crippen LogP contribution in [-0.2, 0) is 22.7 Å². The number of sulfonamides is 1. The monoisotopic (exact) mass is 450 g/mol. The molecule has 0 amide bonds. The number of alkyl halides is 5. The van der Waals surface area contributed by atoms with E-state index in [9.17, 15) is 30.4 Å². The van der Waals surface area contributed by atoms with Crippen molar-refractivity contribution in [1.82, 2.24) is 9.21 Å². The Hall–Kier alpha value is -2.24. The molecule has 1 aliphatic rings. The maximum absolute atomic E-state index is 12.9. The number of hydrogen-bond donors (Lipinski definition) is 0. The average Bonchev–Trinajstić information content (AvgIpc) is 2.69. The van der Waals surface area contributed by atoms with E-state index in [2.05, 4.69) is 4.74 Å². The van der Waals surface area contributed by atoms with E-state index < -0.39 is 28.4 Å². The lowest BCUT2D eigenvalue weighted by molar-refractivity contribution is -0.137. The van der Waals surface area contributed by atoms with Crippen molar-refractivity contribution in [1.29, 1.82) is 0 Å². The molecule has 0 spiro atoms. The van der Waals surface area contributed by atoms with Crippen LogP contribution in [0.3, 0.4) is 0 Å². The highest BCUT2D eigenvalue weighted by Crippen LogP contribution is 2.31. The van der Waals surface area contributed by atoms with Crippen LogP contribution in [0.2, 0.25) is 0 Å². The molecule has 1 saturated heterocycles. The maximum Gasteiger partial charge on any atom is 0.416 e. The van der Waals surface area contributed by atoms with Crippen LogP contribution in [0.25, 0.3) is 0 Å². The summed E-state index contributed by atoms with van der Waals surface area (Å²) in [5, 5.41) is 0. The van der Waals surface area contributed by atoms with Gasteiger partial charge < -0.3 is 4.74 Å². The SMILES string of the molecule is O=S(=O)(c1cccc(C(F)(F)F)c1)N1CCN(Cc2ccc(OC(F)F)cc2)CC1. The van der Waals surface area contributed by atoms with Crippen molar-refractivity contribution in [3.05, 3.63) is 59.7 Å². The summed E-state index contributed by atoms with van der Waals surface area (Å²) in [5.74, 6) is 0.0470. The quantitative estimate of drug-likeness (QED) is 0.628. The second kappa shape index (κ2) is 8.86. The number of ether oxygens (including phenoxy) is 1. The third-order valence-corrected chi connectivity index (χ3v) is 6.58. The first-order valence-corrected chi connectivity index (χ1v) is 10.4. The largest absolute Gasteiger partial charge is 0.435 e. The van der Waals surface area contributed by atoms with Gasteiger partial charge in [-0.3, -0.25) is 4.90 Å². The average molecular weight is 450 g/mol. The van der Waals surface area contributed by atoms with Crippen molar-refractivity contribution < 1.29 is 35.1 Å². The first-order chi connectivity index (χ1) is 14.1. The zero-order valence-electron chi connectivity index (χ0n) is 15.6. The van der Waals surface area contributed by atoms with Gasteiger partial charge in [-0.15, -0.1) is 0 Å². The molecular weight excluding hydrogens is 431 g/mol. The van der Waals surface area contributed by atoms with Gasteiger partial charge in [-0.05, 0) is 35.9 Å². The van der Waals surface area contributed by atoms with E-state index in [4.69, 9.17) is 0 Å². The van der Waals surface area contributed by atoms with Gasteiger partial charge >= 0.3 is 12.8 Å². The van der Waals surface area contributed by atoms with Crippen LogP contribution in [-0.4, -0.2) is 50.4 Å². The maximum atomic E-state index is 12.9. The lowest BCUT2D eigenvalue weighted by Crippen LogP contribution is -2.48. The molecule has 0 unspecified atom stereocenters. The Kier molecular flexibility index (Phi) is 6.63. The lowest BCUT2D eigenvalue weighted by Gasteiger charge is -2.34. The fourth-order valence-electron chi connectivity index (χ4n) is 3.14. The Labute approximate surface area is 170 Å². The number of piperazine rings is 1. The van der Waals surface area contributed by atoms with Crippen molar-refractivity contribution in [2.45, 2.75) is 24.2 Å². The summed E-state index contributed by atoms with van der Waals surface area (Å²) in [4.78, 5) is 1.58. The Bertz CT molecular complexity index is 957. The Morgan fingerprint density at radius 2 is 1.60 bits per heavy atom. The molecule has 0 aliphatic carbocycles. The molecule has 2 aromatic rings. The highest BCUT2D eigenvalue weighted by atomic mass is 32.2. The fourth-order valence-corrected chi connectivity index (χ4v) is 4.61. The third kappa shape index (κ3) is 5.46. The zero-order chi connectivity index (χ0) is 21.9. The summed E-state index contributed by atoms with van der Waals surface area (Å²) in [6.45, 7) is -1.40. The molecule has 3 rings (SSSR count). The van der Waals surface area contributed by atoms with Crippen LogP contribution >= 0.6 is 0 Å². The van der Waals surface area contributed by atoms with Gasteiger partial charge in [0.1, 0.15) is 5.75 Å². The Morgan fingerprint density at radius 3 is 2.17 bits per heavy atom. The fraction of sp³-hybridized carbons (Fsp3) is 0.368. The molecule has 0 radical (unpaired) electrons. The number of nitrogens with zero attached hydrogens (tertiary/aromatic N) is 2. The van der Waals surface area contributed by atoms with Gasteiger partial charge in [0.05, 0.1) is 10.5 Å². The van der Waals surface area contributed by atoms with E-state index in [-0.39, 0.29) is 23.7 Å². The molecule has 5 nitrogen and oxygen atoms in total. The van der Waals surface area contributed by atoms with Crippen LogP contribution in [0.5, 0.6) is 5.75 Å². The van der Waals surface area contributed by atoms with Crippen molar-refractivity contribution in [3.63, 3.8) is 0 Å². The van der Waals surface area contributed by atoms with Crippen molar-refractivity contribution in [2.24, 2.45) is 0 Å². The smallest absolute Gasteiger partial charge is 0.416 e. The van der Waals surface area contributed by atoms with E-state index in [0.717, 1.165) is 23.8 Å². The second-order valence-electron chi connectivity index (χ2n) is 6.73. The molecule has 1 fully saturated rings. The third-order valence-electron chi connectivity index (χ3n) is 4.69. The Balaban J connectivity index is 1.61. The van der Waals surface area contributed by atoms with E-state index in [1.54, 1.807) is 12.1 Å². The highest BCUT2D eigenvalue weighted by Gasteiger charge is 2.34. The zero-order valence-corrected chi connectivity index (χ0v) is 16.5. The van der Waals surface area contributed by atoms with Crippen LogP contribution in [0, 0.1) is 0 Å². The molecule has 1 heterocycles. The summed E-state index contributed by atoms with van der Waals surface area (Å²) >= 11 is 0. The van der Waals surface area contributed by atoms with Crippen molar-refractivity contribution in [2.75, 3.05) is 26.2 Å². The predicted octanol–water partition coefficient (Wildman–Crippen LogP) is 3.81. The molecular formula is C19H19F5N2O3S. The molecule has 0 bridgehead atoms. The van der Waals surface area contributed by atoms with Crippen molar-refractivity contribution >= 4 is 10.0 Å². The topological polar surface area (TPSA) is 49.9 Å². The number of rotatable bonds is 6. The van der Waals surface area contributed by atoms with Gasteiger partial charge in [0.25, 0.3) is 0 Å². The van der Waals surface area contributed by atoms with Gasteiger partial charge in [0.2, 0.25) is 10.0 Å². The first-order valence-electron chi connectivity index (χ1n) is 8.99. The molecule has 11 heteroatoms. The van der Waals surface area contributed by atoms with Gasteiger partial charge in [-0.2, -0.15) is 26.3 Å². The van der Waals surface area contributed by atoms with Crippen LogP contribution < -0.4 is 4.74 Å². The summed E-state index contributed by atoms with van der Waals surface area (Å²) in [6.07, 6.45) is -4.62. The number of benzene rings is 2. The van der Waals surface area contributed by atoms with Crippen LogP contribution in [0.4, 0.5) is 22.0 Å². The summed E-state index contributed by atoms with van der Waals surface area (Å²) in [7, 11) is -4.04. The van der Waals surface area contributed by atoms with Gasteiger partial charge in [-0.25, -0.2) is 8.42 Å². The van der Waals surface area contributed by atoms with Crippen molar-refractivity contribution in [3.8, 4) is 5.75 Å². The molecule has 0 N–H and O–H groups in total. The molecule has 0 atom stereocenters. The van der Waals surface area contributed by atoms with Gasteiger partial charge in [0.15, 0.2) is 0 Å². The molecule has 30 heavy (non-hydrogen) atoms.